The van der Waals surface area contributed by atoms with Crippen LogP contribution < -0.4 is 21.5 Å². The maximum Gasteiger partial charge on any atom is 0.254 e. The third-order valence-electron chi connectivity index (χ3n) is 5.19. The van der Waals surface area contributed by atoms with Gasteiger partial charge in [0.2, 0.25) is 5.91 Å². The van der Waals surface area contributed by atoms with E-state index >= 15 is 0 Å². The van der Waals surface area contributed by atoms with Crippen LogP contribution in [0.25, 0.3) is 0 Å². The molecule has 2 aromatic heterocycles. The third kappa shape index (κ3) is 6.42. The summed E-state index contributed by atoms with van der Waals surface area (Å²) in [5.74, 6) is -0.202. The van der Waals surface area contributed by atoms with Crippen molar-refractivity contribution in [3.8, 4) is 0 Å². The summed E-state index contributed by atoms with van der Waals surface area (Å²) in [6.45, 7) is 3.94. The average Bonchev–Trinajstić information content (AvgIpc) is 2.79. The van der Waals surface area contributed by atoms with Crippen LogP contribution in [0.5, 0.6) is 0 Å². The smallest absolute Gasteiger partial charge is 0.254 e. The highest BCUT2D eigenvalue weighted by Gasteiger charge is 2.13. The molecular weight excluding hydrogens is 426 g/mol. The Morgan fingerprint density at radius 2 is 2.00 bits per heavy atom. The van der Waals surface area contributed by atoms with E-state index in [-0.39, 0.29) is 17.9 Å². The summed E-state index contributed by atoms with van der Waals surface area (Å²) < 4.78 is 1.63. The van der Waals surface area contributed by atoms with E-state index < -0.39 is 0 Å². The summed E-state index contributed by atoms with van der Waals surface area (Å²) in [4.78, 5) is 29.6. The van der Waals surface area contributed by atoms with Crippen molar-refractivity contribution in [3.05, 3.63) is 92.6 Å². The van der Waals surface area contributed by atoms with Gasteiger partial charge in [-0.05, 0) is 61.0 Å². The van der Waals surface area contributed by atoms with Gasteiger partial charge in [-0.2, -0.15) is 0 Å². The van der Waals surface area contributed by atoms with Crippen LogP contribution in [0.15, 0.2) is 59.8 Å². The molecule has 0 saturated carbocycles. The minimum Gasteiger partial charge on any atom is -0.382 e. The maximum atomic E-state index is 12.9. The fourth-order valence-electron chi connectivity index (χ4n) is 3.43. The number of aryl methyl sites for hydroxylation is 1. The number of halogens is 1. The number of carbonyl (C=O) groups is 1. The van der Waals surface area contributed by atoms with Crippen molar-refractivity contribution in [1.29, 1.82) is 0 Å². The molecule has 3 N–H and O–H groups in total. The largest absolute Gasteiger partial charge is 0.382 e. The molecule has 3 rings (SSSR count). The van der Waals surface area contributed by atoms with E-state index in [4.69, 9.17) is 11.6 Å². The Morgan fingerprint density at radius 3 is 2.75 bits per heavy atom. The quantitative estimate of drug-likeness (QED) is 0.439. The zero-order valence-corrected chi connectivity index (χ0v) is 19.1. The fraction of sp³-hybridized carbons (Fsp3) is 0.292. The van der Waals surface area contributed by atoms with Crippen molar-refractivity contribution < 1.29 is 4.79 Å². The molecule has 0 atom stereocenters. The molecule has 0 unspecified atom stereocenters. The number of aromatic nitrogens is 2. The molecule has 32 heavy (non-hydrogen) atoms. The van der Waals surface area contributed by atoms with Crippen LogP contribution in [-0.4, -0.2) is 29.1 Å². The first-order chi connectivity index (χ1) is 15.5. The minimum absolute atomic E-state index is 0.0312. The van der Waals surface area contributed by atoms with Crippen molar-refractivity contribution in [2.24, 2.45) is 0 Å². The molecule has 8 heteroatoms. The standard InChI is InChI=1S/C24H28ClN5O2/c1-17-7-10-30(11-9-28-21-4-3-8-27-16-21)24(32)22(17)13-23(31)29-15-19-12-20(25)6-5-18(19)14-26-2/h3-8,10,12,16,26,28H,9,11,13-15H2,1-2H3,(H,29,31). The van der Waals surface area contributed by atoms with Gasteiger partial charge in [0.1, 0.15) is 0 Å². The molecule has 0 aliphatic rings. The monoisotopic (exact) mass is 453 g/mol. The summed E-state index contributed by atoms with van der Waals surface area (Å²) in [6, 6.07) is 11.3. The first-order valence-corrected chi connectivity index (χ1v) is 10.9. The lowest BCUT2D eigenvalue weighted by Gasteiger charge is -2.13. The molecule has 1 amide bonds. The summed E-state index contributed by atoms with van der Waals surface area (Å²) in [5.41, 5.74) is 4.08. The number of amides is 1. The topological polar surface area (TPSA) is 88.0 Å². The number of anilines is 1. The van der Waals surface area contributed by atoms with E-state index in [0.29, 0.717) is 36.8 Å². The summed E-state index contributed by atoms with van der Waals surface area (Å²) in [5, 5.41) is 9.89. The molecule has 0 bridgehead atoms. The molecule has 168 valence electrons. The zero-order chi connectivity index (χ0) is 22.9. The maximum absolute atomic E-state index is 12.9. The molecule has 1 aromatic carbocycles. The second kappa shape index (κ2) is 11.5. The highest BCUT2D eigenvalue weighted by atomic mass is 35.5. The van der Waals surface area contributed by atoms with Crippen LogP contribution in [-0.2, 0) is 30.8 Å². The van der Waals surface area contributed by atoms with E-state index in [0.717, 1.165) is 22.4 Å². The molecule has 0 fully saturated rings. The molecule has 7 nitrogen and oxygen atoms in total. The van der Waals surface area contributed by atoms with Crippen LogP contribution >= 0.6 is 11.6 Å². The van der Waals surface area contributed by atoms with Gasteiger partial charge in [0.05, 0.1) is 12.1 Å². The lowest BCUT2D eigenvalue weighted by molar-refractivity contribution is -0.120. The van der Waals surface area contributed by atoms with Gasteiger partial charge >= 0.3 is 0 Å². The van der Waals surface area contributed by atoms with Crippen molar-refractivity contribution in [2.75, 3.05) is 18.9 Å². The molecule has 0 aliphatic heterocycles. The molecule has 2 heterocycles. The lowest BCUT2D eigenvalue weighted by Crippen LogP contribution is -2.32. The van der Waals surface area contributed by atoms with Gasteiger partial charge in [0.25, 0.3) is 5.56 Å². The van der Waals surface area contributed by atoms with Crippen molar-refractivity contribution in [3.63, 3.8) is 0 Å². The van der Waals surface area contributed by atoms with Crippen molar-refractivity contribution in [1.82, 2.24) is 20.2 Å². The van der Waals surface area contributed by atoms with Gasteiger partial charge < -0.3 is 20.5 Å². The molecule has 0 saturated heterocycles. The van der Waals surface area contributed by atoms with Crippen LogP contribution in [0, 0.1) is 6.92 Å². The summed E-state index contributed by atoms with van der Waals surface area (Å²) >= 11 is 6.12. The Morgan fingerprint density at radius 1 is 1.16 bits per heavy atom. The fourth-order valence-corrected chi connectivity index (χ4v) is 3.62. The van der Waals surface area contributed by atoms with Crippen LogP contribution in [0.4, 0.5) is 5.69 Å². The molecule has 0 spiro atoms. The van der Waals surface area contributed by atoms with E-state index in [1.165, 1.54) is 0 Å². The Balaban J connectivity index is 1.63. The predicted molar refractivity (Wildman–Crippen MR) is 128 cm³/mol. The second-order valence-corrected chi connectivity index (χ2v) is 7.98. The first-order valence-electron chi connectivity index (χ1n) is 10.5. The number of nitrogens with one attached hydrogen (secondary N) is 3. The second-order valence-electron chi connectivity index (χ2n) is 7.54. The van der Waals surface area contributed by atoms with Crippen molar-refractivity contribution >= 4 is 23.2 Å². The number of benzene rings is 1. The Labute approximate surface area is 192 Å². The zero-order valence-electron chi connectivity index (χ0n) is 18.3. The Hall–Kier alpha value is -3.16. The van der Waals surface area contributed by atoms with Crippen LogP contribution in [0.1, 0.15) is 22.3 Å². The first kappa shape index (κ1) is 23.5. The number of hydrogen-bond acceptors (Lipinski definition) is 5. The molecule has 3 aromatic rings. The van der Waals surface area contributed by atoms with Gasteiger partial charge in [0.15, 0.2) is 0 Å². The van der Waals surface area contributed by atoms with E-state index in [1.54, 1.807) is 23.2 Å². The van der Waals surface area contributed by atoms with E-state index in [1.807, 2.05) is 50.4 Å². The number of hydrogen-bond donors (Lipinski definition) is 3. The van der Waals surface area contributed by atoms with Crippen molar-refractivity contribution in [2.45, 2.75) is 33.0 Å². The van der Waals surface area contributed by atoms with Gasteiger partial charge in [-0.1, -0.05) is 17.7 Å². The number of carbonyl (C=O) groups excluding carboxylic acids is 1. The van der Waals surface area contributed by atoms with Gasteiger partial charge in [0, 0.05) is 55.4 Å². The van der Waals surface area contributed by atoms with E-state index in [9.17, 15) is 9.59 Å². The van der Waals surface area contributed by atoms with Gasteiger partial charge in [-0.25, -0.2) is 0 Å². The van der Waals surface area contributed by atoms with E-state index in [2.05, 4.69) is 20.9 Å². The summed E-state index contributed by atoms with van der Waals surface area (Å²) in [6.07, 6.45) is 5.24. The normalized spacial score (nSPS) is 10.7. The molecule has 0 aliphatic carbocycles. The highest BCUT2D eigenvalue weighted by molar-refractivity contribution is 6.30. The number of nitrogens with zero attached hydrogens (tertiary/aromatic N) is 2. The molecular formula is C24H28ClN5O2. The van der Waals surface area contributed by atoms with Crippen LogP contribution in [0.3, 0.4) is 0 Å². The number of rotatable bonds is 10. The predicted octanol–water partition coefficient (Wildman–Crippen LogP) is 2.90. The lowest BCUT2D eigenvalue weighted by atomic mass is 10.1. The third-order valence-corrected chi connectivity index (χ3v) is 5.43. The average molecular weight is 454 g/mol. The minimum atomic E-state index is -0.202. The van der Waals surface area contributed by atoms with Crippen LogP contribution in [0.2, 0.25) is 5.02 Å². The summed E-state index contributed by atoms with van der Waals surface area (Å²) in [7, 11) is 1.87. The van der Waals surface area contributed by atoms with Gasteiger partial charge in [-0.3, -0.25) is 14.6 Å². The Kier molecular flexibility index (Phi) is 8.41. The molecule has 0 radical (unpaired) electrons. The van der Waals surface area contributed by atoms with Gasteiger partial charge in [-0.15, -0.1) is 0 Å². The number of pyridine rings is 2. The Bertz CT molecular complexity index is 1120. The SMILES string of the molecule is CNCc1ccc(Cl)cc1CNC(=O)Cc1c(C)ccn(CCNc2cccnc2)c1=O. The highest BCUT2D eigenvalue weighted by Crippen LogP contribution is 2.16.